The van der Waals surface area contributed by atoms with Gasteiger partial charge in [0.05, 0.1) is 24.3 Å². The Morgan fingerprint density at radius 2 is 2.39 bits per heavy atom. The molecule has 126 valence electrons. The van der Waals surface area contributed by atoms with Crippen LogP contribution in [-0.4, -0.2) is 56.7 Å². The van der Waals surface area contributed by atoms with E-state index in [-0.39, 0.29) is 24.4 Å². The first-order valence-electron chi connectivity index (χ1n) is 7.53. The molecule has 0 radical (unpaired) electrons. The van der Waals surface area contributed by atoms with E-state index in [2.05, 4.69) is 21.6 Å². The van der Waals surface area contributed by atoms with Crippen LogP contribution >= 0.6 is 12.4 Å². The number of halogens is 1. The fourth-order valence-corrected chi connectivity index (χ4v) is 2.50. The van der Waals surface area contributed by atoms with Gasteiger partial charge in [0.15, 0.2) is 0 Å². The Hall–Kier alpha value is -1.81. The Balaban J connectivity index is 0.00000264. The van der Waals surface area contributed by atoms with E-state index < -0.39 is 0 Å². The minimum absolute atomic E-state index is 0. The third-order valence-corrected chi connectivity index (χ3v) is 3.67. The number of nitriles is 1. The Bertz CT molecular complexity index is 547. The second kappa shape index (κ2) is 10.1. The Labute approximate surface area is 143 Å². The Morgan fingerprint density at radius 1 is 1.57 bits per heavy atom. The minimum Gasteiger partial charge on any atom is -0.494 e. The van der Waals surface area contributed by atoms with Gasteiger partial charge in [0.1, 0.15) is 5.75 Å². The standard InChI is InChI=1S/C16H22N4O2.ClH/c1-18-16(21)15-12-20(8-6-19-15)7-3-9-22-14-5-2-4-13(10-14)11-17;/h2,4-5,10,15,19H,3,6-9,12H2,1H3,(H,18,21);1H. The van der Waals surface area contributed by atoms with Crippen molar-refractivity contribution in [3.05, 3.63) is 29.8 Å². The number of rotatable bonds is 6. The number of hydrogen-bond donors (Lipinski definition) is 2. The van der Waals surface area contributed by atoms with Gasteiger partial charge in [-0.1, -0.05) is 6.07 Å². The molecule has 0 aliphatic carbocycles. The lowest BCUT2D eigenvalue weighted by Crippen LogP contribution is -2.56. The first-order chi connectivity index (χ1) is 10.7. The zero-order valence-corrected chi connectivity index (χ0v) is 14.1. The molecular weight excluding hydrogens is 316 g/mol. The first kappa shape index (κ1) is 19.2. The second-order valence-corrected chi connectivity index (χ2v) is 5.26. The highest BCUT2D eigenvalue weighted by molar-refractivity contribution is 5.85. The van der Waals surface area contributed by atoms with Gasteiger partial charge in [-0.2, -0.15) is 5.26 Å². The highest BCUT2D eigenvalue weighted by Gasteiger charge is 2.23. The third-order valence-electron chi connectivity index (χ3n) is 3.67. The van der Waals surface area contributed by atoms with Crippen molar-refractivity contribution in [2.45, 2.75) is 12.5 Å². The molecule has 7 heteroatoms. The summed E-state index contributed by atoms with van der Waals surface area (Å²) < 4.78 is 5.66. The molecule has 2 N–H and O–H groups in total. The van der Waals surface area contributed by atoms with E-state index in [0.29, 0.717) is 12.2 Å². The normalized spacial score (nSPS) is 17.7. The van der Waals surface area contributed by atoms with Crippen LogP contribution in [0.5, 0.6) is 5.75 Å². The van der Waals surface area contributed by atoms with Crippen molar-refractivity contribution < 1.29 is 9.53 Å². The summed E-state index contributed by atoms with van der Waals surface area (Å²) in [6, 6.07) is 9.14. The predicted molar refractivity (Wildman–Crippen MR) is 90.8 cm³/mol. The van der Waals surface area contributed by atoms with Crippen LogP contribution in [0.2, 0.25) is 0 Å². The van der Waals surface area contributed by atoms with Gasteiger partial charge in [0.2, 0.25) is 5.91 Å². The summed E-state index contributed by atoms with van der Waals surface area (Å²) in [4.78, 5) is 13.9. The van der Waals surface area contributed by atoms with E-state index in [1.807, 2.05) is 12.1 Å². The smallest absolute Gasteiger partial charge is 0.238 e. The molecule has 1 heterocycles. The number of benzene rings is 1. The van der Waals surface area contributed by atoms with Crippen LogP contribution in [0.15, 0.2) is 24.3 Å². The van der Waals surface area contributed by atoms with E-state index in [9.17, 15) is 4.79 Å². The van der Waals surface area contributed by atoms with Crippen LogP contribution in [0.3, 0.4) is 0 Å². The molecule has 1 aliphatic rings. The molecule has 1 aromatic rings. The molecule has 0 aromatic heterocycles. The monoisotopic (exact) mass is 338 g/mol. The van der Waals surface area contributed by atoms with E-state index in [1.54, 1.807) is 19.2 Å². The van der Waals surface area contributed by atoms with Crippen LogP contribution in [0.25, 0.3) is 0 Å². The zero-order valence-electron chi connectivity index (χ0n) is 13.2. The Morgan fingerprint density at radius 3 is 3.13 bits per heavy atom. The van der Waals surface area contributed by atoms with Crippen molar-refractivity contribution in [1.82, 2.24) is 15.5 Å². The van der Waals surface area contributed by atoms with Gasteiger partial charge in [-0.3, -0.25) is 9.69 Å². The molecule has 6 nitrogen and oxygen atoms in total. The molecule has 1 atom stereocenters. The van der Waals surface area contributed by atoms with Gasteiger partial charge in [-0.05, 0) is 24.6 Å². The van der Waals surface area contributed by atoms with Crippen LogP contribution in [0.1, 0.15) is 12.0 Å². The van der Waals surface area contributed by atoms with E-state index in [1.165, 1.54) is 0 Å². The molecule has 0 saturated carbocycles. The van der Waals surface area contributed by atoms with Crippen molar-refractivity contribution in [3.63, 3.8) is 0 Å². The fourth-order valence-electron chi connectivity index (χ4n) is 2.50. The van der Waals surface area contributed by atoms with Crippen LogP contribution < -0.4 is 15.4 Å². The SMILES string of the molecule is CNC(=O)C1CN(CCCOc2cccc(C#N)c2)CCN1.Cl. The highest BCUT2D eigenvalue weighted by atomic mass is 35.5. The van der Waals surface area contributed by atoms with Crippen molar-refractivity contribution in [2.24, 2.45) is 0 Å². The molecule has 0 spiro atoms. The van der Waals surface area contributed by atoms with Crippen LogP contribution in [-0.2, 0) is 4.79 Å². The maximum atomic E-state index is 11.6. The average Bonchev–Trinajstić information content (AvgIpc) is 2.58. The number of nitrogens with zero attached hydrogens (tertiary/aromatic N) is 2. The molecule has 1 aliphatic heterocycles. The van der Waals surface area contributed by atoms with Crippen LogP contribution in [0, 0.1) is 11.3 Å². The molecule has 2 rings (SSSR count). The van der Waals surface area contributed by atoms with Gasteiger partial charge in [-0.25, -0.2) is 0 Å². The number of amides is 1. The fraction of sp³-hybridized carbons (Fsp3) is 0.500. The van der Waals surface area contributed by atoms with Gasteiger partial charge in [0, 0.05) is 33.2 Å². The molecule has 23 heavy (non-hydrogen) atoms. The van der Waals surface area contributed by atoms with Crippen molar-refractivity contribution in [3.8, 4) is 11.8 Å². The highest BCUT2D eigenvalue weighted by Crippen LogP contribution is 2.12. The second-order valence-electron chi connectivity index (χ2n) is 5.26. The number of carbonyl (C=O) groups excluding carboxylic acids is 1. The average molecular weight is 339 g/mol. The lowest BCUT2D eigenvalue weighted by molar-refractivity contribution is -0.123. The van der Waals surface area contributed by atoms with Gasteiger partial charge in [0.25, 0.3) is 0 Å². The molecule has 0 bridgehead atoms. The number of piperazine rings is 1. The first-order valence-corrected chi connectivity index (χ1v) is 7.53. The quantitative estimate of drug-likeness (QED) is 0.749. The van der Waals surface area contributed by atoms with Crippen LogP contribution in [0.4, 0.5) is 0 Å². The molecule has 1 aromatic carbocycles. The van der Waals surface area contributed by atoms with Gasteiger partial charge < -0.3 is 15.4 Å². The predicted octanol–water partition coefficient (Wildman–Crippen LogP) is 0.769. The number of ether oxygens (including phenoxy) is 1. The van der Waals surface area contributed by atoms with E-state index in [4.69, 9.17) is 10.00 Å². The number of hydrogen-bond acceptors (Lipinski definition) is 5. The molecule has 1 unspecified atom stereocenters. The Kier molecular flexibility index (Phi) is 8.41. The van der Waals surface area contributed by atoms with Gasteiger partial charge >= 0.3 is 0 Å². The molecular formula is C16H23ClN4O2. The topological polar surface area (TPSA) is 77.4 Å². The minimum atomic E-state index is -0.132. The number of carbonyl (C=O) groups is 1. The molecule has 1 fully saturated rings. The lowest BCUT2D eigenvalue weighted by atomic mass is 10.2. The maximum Gasteiger partial charge on any atom is 0.238 e. The van der Waals surface area contributed by atoms with E-state index >= 15 is 0 Å². The largest absolute Gasteiger partial charge is 0.494 e. The third kappa shape index (κ3) is 6.06. The zero-order chi connectivity index (χ0) is 15.8. The summed E-state index contributed by atoms with van der Waals surface area (Å²) in [5, 5.41) is 14.7. The summed E-state index contributed by atoms with van der Waals surface area (Å²) in [6.07, 6.45) is 0.886. The maximum absolute atomic E-state index is 11.6. The summed E-state index contributed by atoms with van der Waals surface area (Å²) in [5.41, 5.74) is 0.605. The van der Waals surface area contributed by atoms with E-state index in [0.717, 1.165) is 38.3 Å². The summed E-state index contributed by atoms with van der Waals surface area (Å²) in [6.45, 7) is 3.99. The summed E-state index contributed by atoms with van der Waals surface area (Å²) in [5.74, 6) is 0.761. The van der Waals surface area contributed by atoms with Crippen molar-refractivity contribution in [2.75, 3.05) is 39.8 Å². The molecule has 1 saturated heterocycles. The lowest BCUT2D eigenvalue weighted by Gasteiger charge is -2.32. The number of likely N-dealkylation sites (N-methyl/N-ethyl adjacent to an activating group) is 1. The number of nitrogens with one attached hydrogen (secondary N) is 2. The summed E-state index contributed by atoms with van der Waals surface area (Å²) in [7, 11) is 1.66. The van der Waals surface area contributed by atoms with Crippen molar-refractivity contribution >= 4 is 18.3 Å². The molecule has 1 amide bonds. The van der Waals surface area contributed by atoms with Gasteiger partial charge in [-0.15, -0.1) is 12.4 Å². The van der Waals surface area contributed by atoms with Crippen molar-refractivity contribution in [1.29, 1.82) is 5.26 Å². The summed E-state index contributed by atoms with van der Waals surface area (Å²) >= 11 is 0.